The van der Waals surface area contributed by atoms with Gasteiger partial charge in [0.2, 0.25) is 5.76 Å². The standard InChI is InChI=1S/C11H8O5/c1-15-11(14)6-2-3-8-7(4-6)5-9(16-8)10(12)13/h2-5H,1H3,(H,12,13). The van der Waals surface area contributed by atoms with Gasteiger partial charge in [-0.05, 0) is 24.3 Å². The number of hydrogen-bond acceptors (Lipinski definition) is 4. The molecule has 0 saturated heterocycles. The van der Waals surface area contributed by atoms with Gasteiger partial charge in [0.25, 0.3) is 0 Å². The lowest BCUT2D eigenvalue weighted by Gasteiger charge is -1.97. The summed E-state index contributed by atoms with van der Waals surface area (Å²) in [5.74, 6) is -1.77. The van der Waals surface area contributed by atoms with E-state index in [9.17, 15) is 9.59 Å². The molecule has 1 aromatic carbocycles. The second kappa shape index (κ2) is 3.69. The van der Waals surface area contributed by atoms with Gasteiger partial charge in [0.05, 0.1) is 12.7 Å². The van der Waals surface area contributed by atoms with Crippen LogP contribution in [0.15, 0.2) is 28.7 Å². The second-order valence-corrected chi connectivity index (χ2v) is 3.16. The Morgan fingerprint density at radius 2 is 2.06 bits per heavy atom. The monoisotopic (exact) mass is 220 g/mol. The predicted molar refractivity (Wildman–Crippen MR) is 54.5 cm³/mol. The molecule has 0 saturated carbocycles. The summed E-state index contributed by atoms with van der Waals surface area (Å²) in [5.41, 5.74) is 0.776. The first-order valence-corrected chi connectivity index (χ1v) is 4.47. The number of methoxy groups -OCH3 is 1. The van der Waals surface area contributed by atoms with Gasteiger partial charge in [0.1, 0.15) is 5.58 Å². The number of carbonyl (C=O) groups is 2. The first kappa shape index (κ1) is 10.2. The second-order valence-electron chi connectivity index (χ2n) is 3.16. The number of rotatable bonds is 2. The largest absolute Gasteiger partial charge is 0.475 e. The van der Waals surface area contributed by atoms with Gasteiger partial charge in [-0.25, -0.2) is 9.59 Å². The first-order valence-electron chi connectivity index (χ1n) is 4.47. The van der Waals surface area contributed by atoms with E-state index in [0.29, 0.717) is 16.5 Å². The molecule has 1 heterocycles. The minimum atomic E-state index is -1.14. The average molecular weight is 220 g/mol. The highest BCUT2D eigenvalue weighted by molar-refractivity contribution is 5.96. The Balaban J connectivity index is 2.53. The smallest absolute Gasteiger partial charge is 0.371 e. The molecule has 5 nitrogen and oxygen atoms in total. The van der Waals surface area contributed by atoms with Crippen molar-refractivity contribution in [2.75, 3.05) is 7.11 Å². The number of fused-ring (bicyclic) bond motifs is 1. The molecule has 0 radical (unpaired) electrons. The van der Waals surface area contributed by atoms with Crippen LogP contribution >= 0.6 is 0 Å². The zero-order valence-corrected chi connectivity index (χ0v) is 8.39. The van der Waals surface area contributed by atoms with E-state index in [1.807, 2.05) is 0 Å². The van der Waals surface area contributed by atoms with Gasteiger partial charge in [-0.2, -0.15) is 0 Å². The van der Waals surface area contributed by atoms with Crippen LogP contribution < -0.4 is 0 Å². The third-order valence-electron chi connectivity index (χ3n) is 2.15. The van der Waals surface area contributed by atoms with Crippen molar-refractivity contribution in [3.8, 4) is 0 Å². The molecule has 0 fully saturated rings. The highest BCUT2D eigenvalue weighted by atomic mass is 16.5. The Labute approximate surface area is 90.2 Å². The SMILES string of the molecule is COC(=O)c1ccc2oc(C(=O)O)cc2c1. The van der Waals surface area contributed by atoms with E-state index in [2.05, 4.69) is 4.74 Å². The van der Waals surface area contributed by atoms with Gasteiger partial charge in [0, 0.05) is 5.39 Å². The topological polar surface area (TPSA) is 76.7 Å². The number of benzene rings is 1. The summed E-state index contributed by atoms with van der Waals surface area (Å²) in [4.78, 5) is 21.9. The van der Waals surface area contributed by atoms with Gasteiger partial charge >= 0.3 is 11.9 Å². The summed E-state index contributed by atoms with van der Waals surface area (Å²) < 4.78 is 9.60. The van der Waals surface area contributed by atoms with Crippen LogP contribution in [0.1, 0.15) is 20.9 Å². The van der Waals surface area contributed by atoms with Crippen molar-refractivity contribution in [2.45, 2.75) is 0 Å². The van der Waals surface area contributed by atoms with E-state index in [0.717, 1.165) is 0 Å². The molecule has 1 N–H and O–H groups in total. The summed E-state index contributed by atoms with van der Waals surface area (Å²) in [6.07, 6.45) is 0. The third-order valence-corrected chi connectivity index (χ3v) is 2.15. The lowest BCUT2D eigenvalue weighted by Crippen LogP contribution is -1.99. The van der Waals surface area contributed by atoms with Crippen molar-refractivity contribution < 1.29 is 23.8 Å². The minimum Gasteiger partial charge on any atom is -0.475 e. The zero-order valence-electron chi connectivity index (χ0n) is 8.39. The molecule has 0 aliphatic carbocycles. The van der Waals surface area contributed by atoms with E-state index in [4.69, 9.17) is 9.52 Å². The van der Waals surface area contributed by atoms with E-state index in [-0.39, 0.29) is 5.76 Å². The molecular formula is C11H8O5. The fourth-order valence-corrected chi connectivity index (χ4v) is 1.39. The molecule has 1 aromatic heterocycles. The third kappa shape index (κ3) is 1.63. The van der Waals surface area contributed by atoms with Crippen molar-refractivity contribution in [2.24, 2.45) is 0 Å². The number of carboxylic acid groups (broad SMARTS) is 1. The molecule has 2 rings (SSSR count). The molecule has 0 atom stereocenters. The molecule has 82 valence electrons. The molecule has 16 heavy (non-hydrogen) atoms. The van der Waals surface area contributed by atoms with Gasteiger partial charge in [-0.3, -0.25) is 0 Å². The summed E-state index contributed by atoms with van der Waals surface area (Å²) in [6, 6.07) is 5.94. The Kier molecular flexibility index (Phi) is 2.36. The molecule has 2 aromatic rings. The lowest BCUT2D eigenvalue weighted by atomic mass is 10.1. The van der Waals surface area contributed by atoms with E-state index in [1.54, 1.807) is 0 Å². The van der Waals surface area contributed by atoms with Crippen LogP contribution in [0, 0.1) is 0 Å². The summed E-state index contributed by atoms with van der Waals surface area (Å²) in [7, 11) is 1.28. The first-order chi connectivity index (χ1) is 7.61. The molecule has 0 amide bonds. The molecule has 0 bridgehead atoms. The summed E-state index contributed by atoms with van der Waals surface area (Å²) >= 11 is 0. The number of hydrogen-bond donors (Lipinski definition) is 1. The predicted octanol–water partition coefficient (Wildman–Crippen LogP) is 1.92. The van der Waals surface area contributed by atoms with Crippen LogP contribution in [0.3, 0.4) is 0 Å². The zero-order chi connectivity index (χ0) is 11.7. The number of carboxylic acids is 1. The van der Waals surface area contributed by atoms with Crippen LogP contribution in [0.4, 0.5) is 0 Å². The van der Waals surface area contributed by atoms with Crippen LogP contribution in [-0.4, -0.2) is 24.2 Å². The van der Waals surface area contributed by atoms with E-state index >= 15 is 0 Å². The quantitative estimate of drug-likeness (QED) is 0.782. The lowest BCUT2D eigenvalue weighted by molar-refractivity contribution is 0.0599. The van der Waals surface area contributed by atoms with Crippen LogP contribution in [0.25, 0.3) is 11.0 Å². The van der Waals surface area contributed by atoms with Crippen molar-refractivity contribution in [3.63, 3.8) is 0 Å². The number of furan rings is 1. The van der Waals surface area contributed by atoms with E-state index in [1.165, 1.54) is 31.4 Å². The minimum absolute atomic E-state index is 0.156. The Morgan fingerprint density at radius 3 is 2.69 bits per heavy atom. The molecule has 0 aliphatic heterocycles. The van der Waals surface area contributed by atoms with Crippen LogP contribution in [-0.2, 0) is 4.74 Å². The van der Waals surface area contributed by atoms with Crippen molar-refractivity contribution in [1.82, 2.24) is 0 Å². The maximum Gasteiger partial charge on any atom is 0.371 e. The van der Waals surface area contributed by atoms with E-state index < -0.39 is 11.9 Å². The fraction of sp³-hybridized carbons (Fsp3) is 0.0909. The number of ether oxygens (including phenoxy) is 1. The molecule has 0 unspecified atom stereocenters. The van der Waals surface area contributed by atoms with Crippen LogP contribution in [0.2, 0.25) is 0 Å². The number of esters is 1. The summed E-state index contributed by atoms with van der Waals surface area (Å²) in [6.45, 7) is 0. The van der Waals surface area contributed by atoms with Gasteiger partial charge in [-0.15, -0.1) is 0 Å². The maximum absolute atomic E-state index is 11.2. The number of aromatic carboxylic acids is 1. The Bertz CT molecular complexity index is 567. The normalized spacial score (nSPS) is 10.3. The van der Waals surface area contributed by atoms with Crippen molar-refractivity contribution in [3.05, 3.63) is 35.6 Å². The van der Waals surface area contributed by atoms with Gasteiger partial charge in [-0.1, -0.05) is 0 Å². The number of carbonyl (C=O) groups excluding carboxylic acids is 1. The molecular weight excluding hydrogens is 212 g/mol. The van der Waals surface area contributed by atoms with Gasteiger partial charge < -0.3 is 14.3 Å². The average Bonchev–Trinajstić information content (AvgIpc) is 2.70. The highest BCUT2D eigenvalue weighted by Crippen LogP contribution is 2.21. The molecule has 0 spiro atoms. The maximum atomic E-state index is 11.2. The fourth-order valence-electron chi connectivity index (χ4n) is 1.39. The Hall–Kier alpha value is -2.30. The Morgan fingerprint density at radius 1 is 1.31 bits per heavy atom. The summed E-state index contributed by atoms with van der Waals surface area (Å²) in [5, 5.41) is 9.28. The highest BCUT2D eigenvalue weighted by Gasteiger charge is 2.12. The molecule has 0 aliphatic rings. The molecule has 5 heteroatoms. The van der Waals surface area contributed by atoms with Gasteiger partial charge in [0.15, 0.2) is 0 Å². The van der Waals surface area contributed by atoms with Crippen molar-refractivity contribution in [1.29, 1.82) is 0 Å². The van der Waals surface area contributed by atoms with Crippen LogP contribution in [0.5, 0.6) is 0 Å². The van der Waals surface area contributed by atoms with Crippen molar-refractivity contribution >= 4 is 22.9 Å².